The molecule has 1 aromatic rings. The van der Waals surface area contributed by atoms with Gasteiger partial charge in [0.25, 0.3) is 0 Å². The Morgan fingerprint density at radius 3 is 3.00 bits per heavy atom. The van der Waals surface area contributed by atoms with Gasteiger partial charge in [0.1, 0.15) is 0 Å². The Balaban J connectivity index is 2.09. The van der Waals surface area contributed by atoms with Gasteiger partial charge in [-0.2, -0.15) is 0 Å². The van der Waals surface area contributed by atoms with Gasteiger partial charge in [-0.15, -0.1) is 11.8 Å². The van der Waals surface area contributed by atoms with Gasteiger partial charge >= 0.3 is 0 Å². The van der Waals surface area contributed by atoms with Crippen LogP contribution in [0.4, 0.5) is 5.69 Å². The van der Waals surface area contributed by atoms with Crippen LogP contribution in [0.2, 0.25) is 0 Å². The minimum absolute atomic E-state index is 0.0974. The Morgan fingerprint density at radius 2 is 2.33 bits per heavy atom. The molecular formula is C17H22N2OS. The predicted molar refractivity (Wildman–Crippen MR) is 90.5 cm³/mol. The summed E-state index contributed by atoms with van der Waals surface area (Å²) in [5, 5.41) is 3.18. The van der Waals surface area contributed by atoms with Gasteiger partial charge in [0, 0.05) is 11.3 Å². The second-order valence-corrected chi connectivity index (χ2v) is 6.39. The monoisotopic (exact) mass is 302 g/mol. The molecule has 0 aliphatic carbocycles. The summed E-state index contributed by atoms with van der Waals surface area (Å²) in [6, 6.07) is 5.92. The molecule has 112 valence electrons. The number of anilines is 1. The number of hydrogen-bond donors (Lipinski definition) is 2. The zero-order chi connectivity index (χ0) is 15.1. The number of nitrogens with two attached hydrogens (primary N) is 1. The van der Waals surface area contributed by atoms with Crippen molar-refractivity contribution in [1.29, 1.82) is 0 Å². The van der Waals surface area contributed by atoms with E-state index in [4.69, 9.17) is 5.73 Å². The highest BCUT2D eigenvalue weighted by molar-refractivity contribution is 8.00. The van der Waals surface area contributed by atoms with Crippen LogP contribution in [0, 0.1) is 11.8 Å². The van der Waals surface area contributed by atoms with Crippen molar-refractivity contribution in [3.8, 4) is 11.8 Å². The normalized spacial score (nSPS) is 17.7. The summed E-state index contributed by atoms with van der Waals surface area (Å²) < 4.78 is 0. The van der Waals surface area contributed by atoms with Gasteiger partial charge in [-0.1, -0.05) is 25.2 Å². The number of amides is 1. The van der Waals surface area contributed by atoms with E-state index < -0.39 is 0 Å². The zero-order valence-corrected chi connectivity index (χ0v) is 13.3. The highest BCUT2D eigenvalue weighted by Gasteiger charge is 2.22. The fraction of sp³-hybridized carbons (Fsp3) is 0.471. The van der Waals surface area contributed by atoms with Gasteiger partial charge in [-0.25, -0.2) is 0 Å². The molecule has 0 saturated carbocycles. The summed E-state index contributed by atoms with van der Waals surface area (Å²) in [5.41, 5.74) is 8.37. The standard InChI is InChI=1S/C17H22N2OS/c1-2-14-12-13(6-5-10-18)8-9-15(14)19-17(20)16-7-3-4-11-21-16/h8-9,12,16H,2-4,7,10-11,18H2,1H3,(H,19,20). The van der Waals surface area contributed by atoms with E-state index in [1.54, 1.807) is 11.8 Å². The maximum atomic E-state index is 12.3. The van der Waals surface area contributed by atoms with Gasteiger partial charge in [0.15, 0.2) is 0 Å². The number of rotatable bonds is 3. The lowest BCUT2D eigenvalue weighted by atomic mass is 10.1. The Hall–Kier alpha value is -1.44. The van der Waals surface area contributed by atoms with Gasteiger partial charge in [0.05, 0.1) is 11.8 Å². The molecule has 3 N–H and O–H groups in total. The van der Waals surface area contributed by atoms with E-state index in [0.29, 0.717) is 6.54 Å². The molecule has 4 heteroatoms. The molecule has 1 amide bonds. The van der Waals surface area contributed by atoms with Crippen LogP contribution in [0.5, 0.6) is 0 Å². The third-order valence-corrected chi connectivity index (χ3v) is 4.93. The van der Waals surface area contributed by atoms with Crippen LogP contribution in [0.1, 0.15) is 37.3 Å². The third kappa shape index (κ3) is 4.52. The molecule has 1 aromatic carbocycles. The Kier molecular flexibility index (Phi) is 6.16. The van der Waals surface area contributed by atoms with Crippen LogP contribution >= 0.6 is 11.8 Å². The van der Waals surface area contributed by atoms with Crippen molar-refractivity contribution in [3.05, 3.63) is 29.3 Å². The zero-order valence-electron chi connectivity index (χ0n) is 12.4. The van der Waals surface area contributed by atoms with Crippen molar-refractivity contribution in [2.75, 3.05) is 17.6 Å². The lowest BCUT2D eigenvalue weighted by molar-refractivity contribution is -0.115. The van der Waals surface area contributed by atoms with Crippen LogP contribution in [-0.2, 0) is 11.2 Å². The second kappa shape index (κ2) is 8.11. The molecule has 1 aliphatic heterocycles. The highest BCUT2D eigenvalue weighted by atomic mass is 32.2. The van der Waals surface area contributed by atoms with E-state index in [0.717, 1.165) is 41.8 Å². The largest absolute Gasteiger partial charge is 0.325 e. The number of benzene rings is 1. The Morgan fingerprint density at radius 1 is 1.48 bits per heavy atom. The first-order valence-electron chi connectivity index (χ1n) is 7.49. The number of aryl methyl sites for hydroxylation is 1. The van der Waals surface area contributed by atoms with Crippen molar-refractivity contribution in [2.24, 2.45) is 5.73 Å². The summed E-state index contributed by atoms with van der Waals surface area (Å²) >= 11 is 1.77. The molecule has 1 heterocycles. The first kappa shape index (κ1) is 15.9. The van der Waals surface area contributed by atoms with Crippen molar-refractivity contribution in [1.82, 2.24) is 0 Å². The lowest BCUT2D eigenvalue weighted by Crippen LogP contribution is -2.27. The average molecular weight is 302 g/mol. The molecule has 1 unspecified atom stereocenters. The van der Waals surface area contributed by atoms with Crippen LogP contribution in [0.15, 0.2) is 18.2 Å². The molecule has 0 aromatic heterocycles. The van der Waals surface area contributed by atoms with Gasteiger partial charge in [-0.05, 0) is 48.8 Å². The minimum Gasteiger partial charge on any atom is -0.325 e. The SMILES string of the molecule is CCc1cc(C#CCN)ccc1NC(=O)C1CCCCS1. The summed E-state index contributed by atoms with van der Waals surface area (Å²) in [7, 11) is 0. The lowest BCUT2D eigenvalue weighted by Gasteiger charge is -2.21. The van der Waals surface area contributed by atoms with Crippen LogP contribution in [0.3, 0.4) is 0 Å². The predicted octanol–water partition coefficient (Wildman–Crippen LogP) is 2.78. The minimum atomic E-state index is 0.0974. The number of carbonyl (C=O) groups is 1. The van der Waals surface area contributed by atoms with Gasteiger partial charge in [0.2, 0.25) is 5.91 Å². The second-order valence-electron chi connectivity index (χ2n) is 5.08. The summed E-state index contributed by atoms with van der Waals surface area (Å²) in [5.74, 6) is 7.11. The van der Waals surface area contributed by atoms with E-state index >= 15 is 0 Å². The first-order chi connectivity index (χ1) is 10.2. The fourth-order valence-corrected chi connectivity index (χ4v) is 3.60. The molecule has 0 radical (unpaired) electrons. The van der Waals surface area contributed by atoms with Crippen LogP contribution in [0.25, 0.3) is 0 Å². The Bertz CT molecular complexity index is 554. The maximum absolute atomic E-state index is 12.3. The molecule has 21 heavy (non-hydrogen) atoms. The number of nitrogens with one attached hydrogen (secondary N) is 1. The number of hydrogen-bond acceptors (Lipinski definition) is 3. The van der Waals surface area contributed by atoms with Crippen molar-refractivity contribution < 1.29 is 4.79 Å². The van der Waals surface area contributed by atoms with E-state index in [1.165, 1.54) is 6.42 Å². The Labute approximate surface area is 131 Å². The van der Waals surface area contributed by atoms with Crippen molar-refractivity contribution >= 4 is 23.4 Å². The molecule has 2 rings (SSSR count). The topological polar surface area (TPSA) is 55.1 Å². The molecular weight excluding hydrogens is 280 g/mol. The van der Waals surface area contributed by atoms with Crippen LogP contribution < -0.4 is 11.1 Å². The maximum Gasteiger partial charge on any atom is 0.237 e. The van der Waals surface area contributed by atoms with E-state index in [2.05, 4.69) is 24.1 Å². The van der Waals surface area contributed by atoms with Crippen LogP contribution in [-0.4, -0.2) is 23.5 Å². The van der Waals surface area contributed by atoms with Gasteiger partial charge in [-0.3, -0.25) is 4.79 Å². The summed E-state index contributed by atoms with van der Waals surface area (Å²) in [6.07, 6.45) is 4.23. The summed E-state index contributed by atoms with van der Waals surface area (Å²) in [4.78, 5) is 12.3. The van der Waals surface area contributed by atoms with E-state index in [-0.39, 0.29) is 11.2 Å². The first-order valence-corrected chi connectivity index (χ1v) is 8.53. The molecule has 1 atom stereocenters. The van der Waals surface area contributed by atoms with Crippen molar-refractivity contribution in [2.45, 2.75) is 37.9 Å². The molecule has 1 aliphatic rings. The van der Waals surface area contributed by atoms with E-state index in [9.17, 15) is 4.79 Å². The smallest absolute Gasteiger partial charge is 0.237 e. The average Bonchev–Trinajstić information content (AvgIpc) is 2.54. The molecule has 1 fully saturated rings. The van der Waals surface area contributed by atoms with Gasteiger partial charge < -0.3 is 11.1 Å². The third-order valence-electron chi connectivity index (χ3n) is 3.55. The fourth-order valence-electron chi connectivity index (χ4n) is 2.40. The molecule has 0 bridgehead atoms. The quantitative estimate of drug-likeness (QED) is 0.844. The summed E-state index contributed by atoms with van der Waals surface area (Å²) in [6.45, 7) is 2.44. The van der Waals surface area contributed by atoms with E-state index in [1.807, 2.05) is 18.2 Å². The van der Waals surface area contributed by atoms with Crippen molar-refractivity contribution in [3.63, 3.8) is 0 Å². The molecule has 1 saturated heterocycles. The number of carbonyl (C=O) groups excluding carboxylic acids is 1. The molecule has 3 nitrogen and oxygen atoms in total. The molecule has 0 spiro atoms. The highest BCUT2D eigenvalue weighted by Crippen LogP contribution is 2.27. The number of thioether (sulfide) groups is 1.